The van der Waals surface area contributed by atoms with Crippen molar-refractivity contribution in [3.63, 3.8) is 0 Å². The summed E-state index contributed by atoms with van der Waals surface area (Å²) in [4.78, 5) is 14.1. The van der Waals surface area contributed by atoms with E-state index in [1.165, 1.54) is 37.9 Å². The minimum atomic E-state index is -0.755. The van der Waals surface area contributed by atoms with E-state index in [1.807, 2.05) is 0 Å². The molecule has 2 aliphatic carbocycles. The molecule has 1 heterocycles. The van der Waals surface area contributed by atoms with Gasteiger partial charge in [0.1, 0.15) is 6.10 Å². The Kier molecular flexibility index (Phi) is 6.41. The number of carbonyl (C=O) groups is 1. The highest BCUT2D eigenvalue weighted by molar-refractivity contribution is 7.99. The third-order valence-corrected chi connectivity index (χ3v) is 7.92. The zero-order valence-electron chi connectivity index (χ0n) is 16.7. The van der Waals surface area contributed by atoms with Crippen LogP contribution >= 0.6 is 11.8 Å². The molecule has 0 aromatic rings. The van der Waals surface area contributed by atoms with E-state index in [2.05, 4.69) is 43.5 Å². The predicted molar refractivity (Wildman–Crippen MR) is 107 cm³/mol. The molecule has 6 atom stereocenters. The monoisotopic (exact) mass is 381 g/mol. The Morgan fingerprint density at radius 1 is 1.42 bits per heavy atom. The lowest BCUT2D eigenvalue weighted by Gasteiger charge is -2.53. The van der Waals surface area contributed by atoms with Gasteiger partial charge in [-0.25, -0.2) is 0 Å². The average Bonchev–Trinajstić information content (AvgIpc) is 2.58. The number of rotatable bonds is 4. The Morgan fingerprint density at radius 3 is 2.77 bits per heavy atom. The Hall–Kier alpha value is -0.520. The molecule has 0 spiro atoms. The third kappa shape index (κ3) is 4.15. The quantitative estimate of drug-likeness (QED) is 0.598. The van der Waals surface area contributed by atoms with Crippen LogP contribution in [0, 0.1) is 23.7 Å². The SMILES string of the molecule is CC(=O)O[C@@H]1C[C@@]2(O)[C@H](C)CC[C@@H](C(C)CN3CCSCC3)[C@H]2C=C1C. The van der Waals surface area contributed by atoms with Gasteiger partial charge in [-0.15, -0.1) is 0 Å². The highest BCUT2D eigenvalue weighted by atomic mass is 32.2. The molecule has 1 N–H and O–H groups in total. The molecular weight excluding hydrogens is 346 g/mol. The lowest BCUT2D eigenvalue weighted by Crippen LogP contribution is -2.56. The van der Waals surface area contributed by atoms with E-state index in [0.717, 1.165) is 18.5 Å². The third-order valence-electron chi connectivity index (χ3n) is 6.98. The first-order valence-electron chi connectivity index (χ1n) is 10.2. The summed E-state index contributed by atoms with van der Waals surface area (Å²) in [7, 11) is 0. The van der Waals surface area contributed by atoms with Crippen molar-refractivity contribution in [2.75, 3.05) is 31.1 Å². The standard InChI is InChI=1S/C21H35NO3S/c1-14-11-19-18(15(2)13-22-7-9-26-10-8-22)6-5-16(3)21(19,24)12-20(14)25-17(4)23/h11,15-16,18-20,24H,5-10,12-13H2,1-4H3/t15?,16-,18+,19-,20-,21-/m1/s1. The van der Waals surface area contributed by atoms with Gasteiger partial charge in [-0.2, -0.15) is 11.8 Å². The van der Waals surface area contributed by atoms with Gasteiger partial charge in [-0.1, -0.05) is 19.9 Å². The van der Waals surface area contributed by atoms with Crippen molar-refractivity contribution in [2.45, 2.75) is 58.7 Å². The van der Waals surface area contributed by atoms with E-state index >= 15 is 0 Å². The van der Waals surface area contributed by atoms with Crippen LogP contribution in [0.3, 0.4) is 0 Å². The minimum Gasteiger partial charge on any atom is -0.458 e. The Morgan fingerprint density at radius 2 is 2.12 bits per heavy atom. The minimum absolute atomic E-state index is 0.173. The number of esters is 1. The second-order valence-corrected chi connectivity index (χ2v) is 9.99. The molecule has 4 nitrogen and oxygen atoms in total. The zero-order chi connectivity index (χ0) is 18.9. The van der Waals surface area contributed by atoms with Gasteiger partial charge in [0.15, 0.2) is 0 Å². The van der Waals surface area contributed by atoms with Crippen molar-refractivity contribution in [1.29, 1.82) is 0 Å². The van der Waals surface area contributed by atoms with Gasteiger partial charge < -0.3 is 14.7 Å². The zero-order valence-corrected chi connectivity index (χ0v) is 17.6. The molecular formula is C21H35NO3S. The normalized spacial score (nSPS) is 39.7. The lowest BCUT2D eigenvalue weighted by atomic mass is 9.57. The van der Waals surface area contributed by atoms with Crippen molar-refractivity contribution in [3.05, 3.63) is 11.6 Å². The van der Waals surface area contributed by atoms with Crippen molar-refractivity contribution in [3.8, 4) is 0 Å². The van der Waals surface area contributed by atoms with Crippen molar-refractivity contribution < 1.29 is 14.6 Å². The second kappa shape index (κ2) is 8.24. The van der Waals surface area contributed by atoms with E-state index in [0.29, 0.717) is 18.3 Å². The Bertz CT molecular complexity index is 545. The van der Waals surface area contributed by atoms with Crippen LogP contribution < -0.4 is 0 Å². The molecule has 0 amide bonds. The maximum absolute atomic E-state index is 11.6. The largest absolute Gasteiger partial charge is 0.458 e. The van der Waals surface area contributed by atoms with Crippen molar-refractivity contribution >= 4 is 17.7 Å². The van der Waals surface area contributed by atoms with Gasteiger partial charge in [-0.05, 0) is 43.1 Å². The van der Waals surface area contributed by atoms with Crippen LogP contribution in [0.4, 0.5) is 0 Å². The highest BCUT2D eigenvalue weighted by Gasteiger charge is 2.52. The average molecular weight is 382 g/mol. The number of fused-ring (bicyclic) bond motifs is 1. The van der Waals surface area contributed by atoms with Gasteiger partial charge in [-0.3, -0.25) is 4.79 Å². The number of ether oxygens (including phenoxy) is 1. The van der Waals surface area contributed by atoms with E-state index in [9.17, 15) is 9.90 Å². The van der Waals surface area contributed by atoms with Crippen LogP contribution in [0.2, 0.25) is 0 Å². The van der Waals surface area contributed by atoms with Crippen LogP contribution in [-0.2, 0) is 9.53 Å². The molecule has 0 aromatic carbocycles. The van der Waals surface area contributed by atoms with Gasteiger partial charge in [0.2, 0.25) is 0 Å². The molecule has 3 rings (SSSR count). The van der Waals surface area contributed by atoms with Gasteiger partial charge in [0.05, 0.1) is 5.60 Å². The molecule has 5 heteroatoms. The second-order valence-electron chi connectivity index (χ2n) is 8.76. The summed E-state index contributed by atoms with van der Waals surface area (Å²) in [6.45, 7) is 11.5. The number of carbonyl (C=O) groups excluding carboxylic acids is 1. The number of hydrogen-bond acceptors (Lipinski definition) is 5. The summed E-state index contributed by atoms with van der Waals surface area (Å²) in [5, 5.41) is 11.6. The Balaban J connectivity index is 1.77. The summed E-state index contributed by atoms with van der Waals surface area (Å²) < 4.78 is 5.51. The fraction of sp³-hybridized carbons (Fsp3) is 0.857. The maximum Gasteiger partial charge on any atom is 0.303 e. The number of nitrogens with zero attached hydrogens (tertiary/aromatic N) is 1. The predicted octanol–water partition coefficient (Wildman–Crippen LogP) is 3.35. The van der Waals surface area contributed by atoms with E-state index < -0.39 is 5.60 Å². The molecule has 3 aliphatic rings. The topological polar surface area (TPSA) is 49.8 Å². The highest BCUT2D eigenvalue weighted by Crippen LogP contribution is 2.51. The summed E-state index contributed by atoms with van der Waals surface area (Å²) in [5.41, 5.74) is 0.352. The number of thioether (sulfide) groups is 1. The molecule has 1 saturated carbocycles. The summed E-state index contributed by atoms with van der Waals surface area (Å²) in [6, 6.07) is 0. The van der Waals surface area contributed by atoms with Crippen LogP contribution in [0.15, 0.2) is 11.6 Å². The first-order chi connectivity index (χ1) is 12.3. The van der Waals surface area contributed by atoms with Crippen molar-refractivity contribution in [1.82, 2.24) is 4.90 Å². The number of aliphatic hydroxyl groups is 1. The molecule has 0 radical (unpaired) electrons. The fourth-order valence-electron chi connectivity index (χ4n) is 5.32. The van der Waals surface area contributed by atoms with E-state index in [-0.39, 0.29) is 23.9 Å². The Labute approximate surface area is 162 Å². The van der Waals surface area contributed by atoms with Crippen LogP contribution in [-0.4, -0.2) is 58.8 Å². The number of hydrogen-bond donors (Lipinski definition) is 1. The molecule has 2 fully saturated rings. The molecule has 0 bridgehead atoms. The van der Waals surface area contributed by atoms with Gasteiger partial charge in [0.25, 0.3) is 0 Å². The fourth-order valence-corrected chi connectivity index (χ4v) is 6.30. The molecule has 1 unspecified atom stereocenters. The molecule has 0 aromatic heterocycles. The van der Waals surface area contributed by atoms with Gasteiger partial charge in [0, 0.05) is 50.4 Å². The maximum atomic E-state index is 11.6. The summed E-state index contributed by atoms with van der Waals surface area (Å²) in [5.74, 6) is 3.70. The molecule has 148 valence electrons. The van der Waals surface area contributed by atoms with E-state index in [1.54, 1.807) is 0 Å². The van der Waals surface area contributed by atoms with Crippen molar-refractivity contribution in [2.24, 2.45) is 23.7 Å². The molecule has 1 saturated heterocycles. The lowest BCUT2D eigenvalue weighted by molar-refractivity contribution is -0.159. The molecule has 26 heavy (non-hydrogen) atoms. The summed E-state index contributed by atoms with van der Waals surface area (Å²) in [6.07, 6.45) is 4.74. The van der Waals surface area contributed by atoms with Crippen LogP contribution in [0.5, 0.6) is 0 Å². The molecule has 1 aliphatic heterocycles. The van der Waals surface area contributed by atoms with Crippen LogP contribution in [0.1, 0.15) is 47.0 Å². The first-order valence-corrected chi connectivity index (χ1v) is 11.3. The van der Waals surface area contributed by atoms with Gasteiger partial charge >= 0.3 is 5.97 Å². The first kappa shape index (κ1) is 20.2. The smallest absolute Gasteiger partial charge is 0.303 e. The van der Waals surface area contributed by atoms with Crippen LogP contribution in [0.25, 0.3) is 0 Å². The van der Waals surface area contributed by atoms with E-state index in [4.69, 9.17) is 4.74 Å². The summed E-state index contributed by atoms with van der Waals surface area (Å²) >= 11 is 2.05.